The van der Waals surface area contributed by atoms with Gasteiger partial charge < -0.3 is 20.0 Å². The van der Waals surface area contributed by atoms with E-state index in [1.165, 1.54) is 0 Å². The lowest BCUT2D eigenvalue weighted by Gasteiger charge is -2.11. The van der Waals surface area contributed by atoms with Crippen molar-refractivity contribution >= 4 is 11.6 Å². The van der Waals surface area contributed by atoms with Gasteiger partial charge in [0.1, 0.15) is 23.7 Å². The summed E-state index contributed by atoms with van der Waals surface area (Å²) in [4.78, 5) is 16.6. The normalized spacial score (nSPS) is 15.8. The van der Waals surface area contributed by atoms with Crippen LogP contribution in [0.1, 0.15) is 35.4 Å². The van der Waals surface area contributed by atoms with Gasteiger partial charge in [-0.15, -0.1) is 0 Å². The average molecular weight is 376 g/mol. The van der Waals surface area contributed by atoms with E-state index < -0.39 is 23.1 Å². The Bertz CT molecular complexity index is 886. The van der Waals surface area contributed by atoms with Crippen LogP contribution in [0.25, 0.3) is 0 Å². The first-order valence-corrected chi connectivity index (χ1v) is 8.34. The number of carbonyl (C=O) groups excluding carboxylic acids is 1. The maximum atomic E-state index is 14.2. The fourth-order valence-electron chi connectivity index (χ4n) is 2.69. The fourth-order valence-corrected chi connectivity index (χ4v) is 2.69. The molecule has 0 radical (unpaired) electrons. The molecule has 8 heteroatoms. The molecule has 0 saturated heterocycles. The molecule has 142 valence electrons. The van der Waals surface area contributed by atoms with Gasteiger partial charge in [-0.05, 0) is 36.8 Å². The van der Waals surface area contributed by atoms with E-state index in [1.807, 2.05) is 31.2 Å². The highest BCUT2D eigenvalue weighted by Crippen LogP contribution is 2.30. The number of hydrogen-bond donors (Lipinski definition) is 1. The zero-order valence-corrected chi connectivity index (χ0v) is 14.6. The van der Waals surface area contributed by atoms with Crippen molar-refractivity contribution in [1.29, 1.82) is 0 Å². The minimum Gasteiger partial charge on any atom is -0.494 e. The Balaban J connectivity index is 1.63. The van der Waals surface area contributed by atoms with Gasteiger partial charge in [-0.3, -0.25) is 4.79 Å². The fraction of sp³-hybridized carbons (Fsp3) is 0.263. The molecule has 0 fully saturated rings. The molecule has 1 amide bonds. The molecule has 1 atom stereocenters. The van der Waals surface area contributed by atoms with Crippen molar-refractivity contribution in [2.75, 3.05) is 13.2 Å². The maximum Gasteiger partial charge on any atom is 0.254 e. The summed E-state index contributed by atoms with van der Waals surface area (Å²) in [5, 5.41) is 3.95. The van der Waals surface area contributed by atoms with Crippen LogP contribution in [0, 0.1) is 11.6 Å². The van der Waals surface area contributed by atoms with Crippen molar-refractivity contribution in [2.24, 2.45) is 10.9 Å². The van der Waals surface area contributed by atoms with E-state index in [1.54, 1.807) is 0 Å². The van der Waals surface area contributed by atoms with Crippen LogP contribution >= 0.6 is 0 Å². The second-order valence-electron chi connectivity index (χ2n) is 5.85. The number of nitrogens with zero attached hydrogens (tertiary/aromatic N) is 1. The van der Waals surface area contributed by atoms with E-state index in [9.17, 15) is 13.6 Å². The molecule has 0 saturated carbocycles. The predicted octanol–water partition coefficient (Wildman–Crippen LogP) is 3.36. The molecule has 0 aliphatic carbocycles. The van der Waals surface area contributed by atoms with Crippen LogP contribution in [0.3, 0.4) is 0 Å². The van der Waals surface area contributed by atoms with Gasteiger partial charge in [0.05, 0.1) is 12.3 Å². The van der Waals surface area contributed by atoms with Crippen LogP contribution in [0.15, 0.2) is 41.6 Å². The standard InChI is InChI=1S/C19H18F2N2O4/c1-2-25-13-5-3-4-11(8-13)16-9-12(23-27-16)10-26-15-7-6-14(20)17(18(15)21)19(22)24/h3-8,16H,2,9-10H2,1H3,(H2,22,24). The lowest BCUT2D eigenvalue weighted by molar-refractivity contribution is 0.0854. The highest BCUT2D eigenvalue weighted by molar-refractivity contribution is 5.94. The predicted molar refractivity (Wildman–Crippen MR) is 93.9 cm³/mol. The lowest BCUT2D eigenvalue weighted by atomic mass is 10.0. The van der Waals surface area contributed by atoms with Crippen molar-refractivity contribution in [3.05, 3.63) is 59.2 Å². The molecule has 1 unspecified atom stereocenters. The van der Waals surface area contributed by atoms with E-state index in [2.05, 4.69) is 5.16 Å². The van der Waals surface area contributed by atoms with E-state index >= 15 is 0 Å². The van der Waals surface area contributed by atoms with Crippen molar-refractivity contribution in [3.63, 3.8) is 0 Å². The number of rotatable bonds is 7. The van der Waals surface area contributed by atoms with Crippen LogP contribution < -0.4 is 15.2 Å². The van der Waals surface area contributed by atoms with Gasteiger partial charge in [0.15, 0.2) is 17.7 Å². The second-order valence-corrected chi connectivity index (χ2v) is 5.85. The molecule has 1 heterocycles. The minimum atomic E-state index is -1.20. The third-order valence-corrected chi connectivity index (χ3v) is 3.97. The van der Waals surface area contributed by atoms with Crippen LogP contribution in [0.2, 0.25) is 0 Å². The molecule has 6 nitrogen and oxygen atoms in total. The Morgan fingerprint density at radius 1 is 1.30 bits per heavy atom. The summed E-state index contributed by atoms with van der Waals surface area (Å²) in [5.74, 6) is -2.93. The molecule has 0 aromatic heterocycles. The van der Waals surface area contributed by atoms with Gasteiger partial charge in [-0.2, -0.15) is 0 Å². The first-order chi connectivity index (χ1) is 13.0. The SMILES string of the molecule is CCOc1cccc(C2CC(COc3ccc(F)c(C(N)=O)c3F)=NO2)c1. The zero-order chi connectivity index (χ0) is 19.4. The maximum absolute atomic E-state index is 14.2. The molecule has 2 aromatic carbocycles. The number of hydrogen-bond acceptors (Lipinski definition) is 5. The van der Waals surface area contributed by atoms with E-state index in [-0.39, 0.29) is 18.5 Å². The number of ether oxygens (including phenoxy) is 2. The number of halogens is 2. The number of nitrogens with two attached hydrogens (primary N) is 1. The molecule has 2 N–H and O–H groups in total. The number of oxime groups is 1. The summed E-state index contributed by atoms with van der Waals surface area (Å²) >= 11 is 0. The Hall–Kier alpha value is -3.16. The number of benzene rings is 2. The molecule has 0 bridgehead atoms. The molecular formula is C19H18F2N2O4. The van der Waals surface area contributed by atoms with Crippen LogP contribution in [0.5, 0.6) is 11.5 Å². The van der Waals surface area contributed by atoms with Gasteiger partial charge in [-0.25, -0.2) is 8.78 Å². The third kappa shape index (κ3) is 4.16. The Kier molecular flexibility index (Phi) is 5.54. The highest BCUT2D eigenvalue weighted by atomic mass is 19.1. The molecule has 1 aliphatic rings. The van der Waals surface area contributed by atoms with Crippen LogP contribution in [-0.4, -0.2) is 24.8 Å². The van der Waals surface area contributed by atoms with Crippen molar-refractivity contribution in [3.8, 4) is 11.5 Å². The quantitative estimate of drug-likeness (QED) is 0.803. The Labute approximate surface area is 154 Å². The number of carbonyl (C=O) groups is 1. The van der Waals surface area contributed by atoms with Crippen molar-refractivity contribution in [1.82, 2.24) is 0 Å². The number of primary amides is 1. The van der Waals surface area contributed by atoms with Gasteiger partial charge in [-0.1, -0.05) is 17.3 Å². The first-order valence-electron chi connectivity index (χ1n) is 8.34. The first kappa shape index (κ1) is 18.6. The van der Waals surface area contributed by atoms with E-state index in [0.717, 1.165) is 23.4 Å². The zero-order valence-electron chi connectivity index (χ0n) is 14.6. The molecule has 2 aromatic rings. The third-order valence-electron chi connectivity index (χ3n) is 3.97. The minimum absolute atomic E-state index is 0.0671. The summed E-state index contributed by atoms with van der Waals surface area (Å²) in [6.07, 6.45) is 0.143. The van der Waals surface area contributed by atoms with Crippen molar-refractivity contribution in [2.45, 2.75) is 19.4 Å². The molecule has 3 rings (SSSR count). The smallest absolute Gasteiger partial charge is 0.254 e. The summed E-state index contributed by atoms with van der Waals surface area (Å²) < 4.78 is 38.5. The monoisotopic (exact) mass is 376 g/mol. The molecule has 1 aliphatic heterocycles. The van der Waals surface area contributed by atoms with Crippen molar-refractivity contribution < 1.29 is 27.9 Å². The van der Waals surface area contributed by atoms with Crippen LogP contribution in [-0.2, 0) is 4.84 Å². The van der Waals surface area contributed by atoms with Gasteiger partial charge in [0.2, 0.25) is 0 Å². The second kappa shape index (κ2) is 8.03. The average Bonchev–Trinajstić information content (AvgIpc) is 3.10. The summed E-state index contributed by atoms with van der Waals surface area (Å²) in [7, 11) is 0. The Morgan fingerprint density at radius 2 is 2.11 bits per heavy atom. The molecule has 27 heavy (non-hydrogen) atoms. The van der Waals surface area contributed by atoms with Crippen LogP contribution in [0.4, 0.5) is 8.78 Å². The largest absolute Gasteiger partial charge is 0.494 e. The van der Waals surface area contributed by atoms with E-state index in [0.29, 0.717) is 18.7 Å². The van der Waals surface area contributed by atoms with E-state index in [4.69, 9.17) is 20.0 Å². The van der Waals surface area contributed by atoms with Gasteiger partial charge >= 0.3 is 0 Å². The lowest BCUT2D eigenvalue weighted by Crippen LogP contribution is -2.17. The highest BCUT2D eigenvalue weighted by Gasteiger charge is 2.25. The topological polar surface area (TPSA) is 83.1 Å². The summed E-state index contributed by atoms with van der Waals surface area (Å²) in [6.45, 7) is 2.39. The Morgan fingerprint density at radius 3 is 2.85 bits per heavy atom. The van der Waals surface area contributed by atoms with Gasteiger partial charge in [0, 0.05) is 6.42 Å². The van der Waals surface area contributed by atoms with Gasteiger partial charge in [0.25, 0.3) is 5.91 Å². The summed E-state index contributed by atoms with van der Waals surface area (Å²) in [6, 6.07) is 9.49. The number of amides is 1. The molecule has 0 spiro atoms. The summed E-state index contributed by atoms with van der Waals surface area (Å²) in [5.41, 5.74) is 5.60. The molecular weight excluding hydrogens is 358 g/mol.